The third kappa shape index (κ3) is 8.64. The van der Waals surface area contributed by atoms with Crippen molar-refractivity contribution in [2.75, 3.05) is 26.4 Å². The van der Waals surface area contributed by atoms with Gasteiger partial charge in [-0.15, -0.1) is 0 Å². The molecule has 6 nitrogen and oxygen atoms in total. The van der Waals surface area contributed by atoms with Gasteiger partial charge in [-0.25, -0.2) is 9.59 Å². The summed E-state index contributed by atoms with van der Waals surface area (Å²) >= 11 is 0. The van der Waals surface area contributed by atoms with Crippen LogP contribution < -0.4 is 0 Å². The van der Waals surface area contributed by atoms with E-state index in [-0.39, 0.29) is 37.6 Å². The van der Waals surface area contributed by atoms with Crippen LogP contribution in [0.25, 0.3) is 11.1 Å². The zero-order valence-electron chi connectivity index (χ0n) is 22.0. The lowest BCUT2D eigenvalue weighted by molar-refractivity contribution is 0.0285. The van der Waals surface area contributed by atoms with Crippen molar-refractivity contribution in [2.45, 2.75) is 20.1 Å². The van der Waals surface area contributed by atoms with Gasteiger partial charge in [0.25, 0.3) is 0 Å². The first-order valence-electron chi connectivity index (χ1n) is 12.9. The molecule has 0 unspecified atom stereocenters. The summed E-state index contributed by atoms with van der Waals surface area (Å²) in [6.07, 6.45) is 0. The van der Waals surface area contributed by atoms with E-state index < -0.39 is 11.9 Å². The number of aryl methyl sites for hydroxylation is 1. The molecule has 4 aromatic carbocycles. The maximum atomic E-state index is 13.1. The summed E-state index contributed by atoms with van der Waals surface area (Å²) in [5, 5.41) is 0. The summed E-state index contributed by atoms with van der Waals surface area (Å²) in [5.74, 6) is -1.07. The molecule has 4 aromatic rings. The Morgan fingerprint density at radius 2 is 1.13 bits per heavy atom. The Balaban J connectivity index is 1.36. The first-order chi connectivity index (χ1) is 19.1. The van der Waals surface area contributed by atoms with E-state index in [0.717, 1.165) is 22.3 Å². The molecule has 0 heterocycles. The highest BCUT2D eigenvalue weighted by atomic mass is 16.6. The molecule has 4 rings (SSSR count). The number of rotatable bonds is 13. The van der Waals surface area contributed by atoms with Crippen LogP contribution in [0.15, 0.2) is 103 Å². The highest BCUT2D eigenvalue weighted by Crippen LogP contribution is 2.26. The lowest BCUT2D eigenvalue weighted by atomic mass is 9.97. The lowest BCUT2D eigenvalue weighted by Gasteiger charge is -2.13. The molecule has 39 heavy (non-hydrogen) atoms. The number of ether oxygens (including phenoxy) is 4. The molecular weight excluding hydrogens is 492 g/mol. The van der Waals surface area contributed by atoms with Gasteiger partial charge in [0.2, 0.25) is 0 Å². The molecule has 0 aromatic heterocycles. The van der Waals surface area contributed by atoms with E-state index in [1.807, 2.05) is 91.9 Å². The van der Waals surface area contributed by atoms with Crippen LogP contribution in [0, 0.1) is 6.92 Å². The number of esters is 2. The number of benzene rings is 4. The Hall–Kier alpha value is -4.26. The maximum Gasteiger partial charge on any atom is 0.338 e. The fourth-order valence-electron chi connectivity index (χ4n) is 3.90. The van der Waals surface area contributed by atoms with Gasteiger partial charge >= 0.3 is 11.9 Å². The molecule has 0 bridgehead atoms. The first kappa shape index (κ1) is 27.8. The number of carbonyl (C=O) groups excluding carboxylic acids is 2. The second-order valence-corrected chi connectivity index (χ2v) is 8.97. The predicted molar refractivity (Wildman–Crippen MR) is 149 cm³/mol. The zero-order chi connectivity index (χ0) is 27.3. The van der Waals surface area contributed by atoms with Crippen LogP contribution in [0.1, 0.15) is 37.4 Å². The molecule has 0 amide bonds. The normalized spacial score (nSPS) is 10.7. The number of hydrogen-bond acceptors (Lipinski definition) is 6. The Bertz CT molecular complexity index is 1330. The van der Waals surface area contributed by atoms with Crippen molar-refractivity contribution >= 4 is 11.9 Å². The Kier molecular flexibility index (Phi) is 10.4. The minimum atomic E-state index is -0.533. The molecule has 0 radical (unpaired) electrons. The third-order valence-electron chi connectivity index (χ3n) is 5.98. The van der Waals surface area contributed by atoms with E-state index in [2.05, 4.69) is 0 Å². The molecule has 0 atom stereocenters. The fraction of sp³-hybridized carbons (Fsp3) is 0.212. The summed E-state index contributed by atoms with van der Waals surface area (Å²) in [5.41, 5.74) is 5.27. The molecule has 0 saturated carbocycles. The van der Waals surface area contributed by atoms with Gasteiger partial charge in [0, 0.05) is 0 Å². The van der Waals surface area contributed by atoms with Crippen LogP contribution in [0.4, 0.5) is 0 Å². The largest absolute Gasteiger partial charge is 0.460 e. The van der Waals surface area contributed by atoms with Crippen LogP contribution in [0.5, 0.6) is 0 Å². The molecule has 0 saturated heterocycles. The molecule has 0 aliphatic rings. The maximum absolute atomic E-state index is 13.1. The van der Waals surface area contributed by atoms with E-state index in [4.69, 9.17) is 18.9 Å². The summed E-state index contributed by atoms with van der Waals surface area (Å²) in [7, 11) is 0. The van der Waals surface area contributed by atoms with E-state index in [9.17, 15) is 9.59 Å². The predicted octanol–water partition coefficient (Wildman–Crippen LogP) is 6.41. The van der Waals surface area contributed by atoms with E-state index in [1.165, 1.54) is 6.07 Å². The molecular formula is C33H32O6. The highest BCUT2D eigenvalue weighted by Gasteiger charge is 2.18. The quantitative estimate of drug-likeness (QED) is 0.149. The highest BCUT2D eigenvalue weighted by molar-refractivity contribution is 6.01. The van der Waals surface area contributed by atoms with Crippen molar-refractivity contribution in [3.8, 4) is 11.1 Å². The first-order valence-corrected chi connectivity index (χ1v) is 12.9. The Morgan fingerprint density at radius 3 is 1.69 bits per heavy atom. The second kappa shape index (κ2) is 14.6. The van der Waals surface area contributed by atoms with Crippen molar-refractivity contribution < 1.29 is 28.5 Å². The Labute approximate surface area is 229 Å². The minimum Gasteiger partial charge on any atom is -0.460 e. The van der Waals surface area contributed by atoms with Crippen LogP contribution in [0.3, 0.4) is 0 Å². The van der Waals surface area contributed by atoms with Crippen molar-refractivity contribution in [1.29, 1.82) is 0 Å². The number of carbonyl (C=O) groups is 2. The molecule has 0 spiro atoms. The van der Waals surface area contributed by atoms with Gasteiger partial charge in [-0.1, -0.05) is 96.6 Å². The average Bonchev–Trinajstić information content (AvgIpc) is 2.98. The minimum absolute atomic E-state index is 0.0897. The van der Waals surface area contributed by atoms with Crippen molar-refractivity contribution in [3.05, 3.63) is 131 Å². The second-order valence-electron chi connectivity index (χ2n) is 8.97. The van der Waals surface area contributed by atoms with Crippen LogP contribution in [0.2, 0.25) is 0 Å². The van der Waals surface area contributed by atoms with Gasteiger partial charge in [-0.2, -0.15) is 0 Å². The van der Waals surface area contributed by atoms with Gasteiger partial charge in [-0.05, 0) is 41.3 Å². The molecule has 0 fully saturated rings. The van der Waals surface area contributed by atoms with Crippen LogP contribution in [-0.4, -0.2) is 38.4 Å². The standard InChI is InChI=1S/C33H32O6/c1-25-12-14-28(15-13-25)30-17-16-29(32(34)38-20-18-36-23-26-8-4-2-5-9-26)22-31(30)33(35)39-21-19-37-24-27-10-6-3-7-11-27/h2-17,22H,18-21,23-24H2,1H3. The van der Waals surface area contributed by atoms with Gasteiger partial charge in [0.15, 0.2) is 0 Å². The van der Waals surface area contributed by atoms with E-state index in [1.54, 1.807) is 12.1 Å². The zero-order valence-corrected chi connectivity index (χ0v) is 22.0. The molecule has 6 heteroatoms. The van der Waals surface area contributed by atoms with Gasteiger partial charge in [0.1, 0.15) is 13.2 Å². The van der Waals surface area contributed by atoms with Crippen LogP contribution in [-0.2, 0) is 32.2 Å². The summed E-state index contributed by atoms with van der Waals surface area (Å²) < 4.78 is 22.1. The summed E-state index contributed by atoms with van der Waals surface area (Å²) in [4.78, 5) is 25.8. The van der Waals surface area contributed by atoms with Crippen molar-refractivity contribution in [1.82, 2.24) is 0 Å². The summed E-state index contributed by atoms with van der Waals surface area (Å²) in [6, 6.07) is 32.3. The fourth-order valence-corrected chi connectivity index (χ4v) is 3.90. The topological polar surface area (TPSA) is 71.1 Å². The van der Waals surface area contributed by atoms with Crippen molar-refractivity contribution in [3.63, 3.8) is 0 Å². The van der Waals surface area contributed by atoms with Gasteiger partial charge in [0.05, 0.1) is 37.6 Å². The molecule has 0 aliphatic heterocycles. The average molecular weight is 525 g/mol. The SMILES string of the molecule is Cc1ccc(-c2ccc(C(=O)OCCOCc3ccccc3)cc2C(=O)OCCOCc2ccccc2)cc1. The third-order valence-corrected chi connectivity index (χ3v) is 5.98. The molecule has 200 valence electrons. The smallest absolute Gasteiger partial charge is 0.338 e. The molecule has 0 aliphatic carbocycles. The Morgan fingerprint density at radius 1 is 0.590 bits per heavy atom. The van der Waals surface area contributed by atoms with Crippen LogP contribution >= 0.6 is 0 Å². The van der Waals surface area contributed by atoms with Gasteiger partial charge in [-0.3, -0.25) is 0 Å². The lowest BCUT2D eigenvalue weighted by Crippen LogP contribution is -2.14. The van der Waals surface area contributed by atoms with Gasteiger partial charge < -0.3 is 18.9 Å². The molecule has 0 N–H and O–H groups in total. The monoisotopic (exact) mass is 524 g/mol. The van der Waals surface area contributed by atoms with E-state index >= 15 is 0 Å². The number of hydrogen-bond donors (Lipinski definition) is 0. The summed E-state index contributed by atoms with van der Waals surface area (Å²) in [6.45, 7) is 3.58. The van der Waals surface area contributed by atoms with Crippen molar-refractivity contribution in [2.24, 2.45) is 0 Å². The van der Waals surface area contributed by atoms with E-state index in [0.29, 0.717) is 18.8 Å².